The molecule has 2 aromatic rings. The van der Waals surface area contributed by atoms with E-state index in [2.05, 4.69) is 10.1 Å². The van der Waals surface area contributed by atoms with Crippen molar-refractivity contribution in [3.05, 3.63) is 41.3 Å². The maximum Gasteiger partial charge on any atom is 0.435 e. The maximum absolute atomic E-state index is 12.5. The highest BCUT2D eigenvalue weighted by molar-refractivity contribution is 5.30. The summed E-state index contributed by atoms with van der Waals surface area (Å²) in [7, 11) is 0. The summed E-state index contributed by atoms with van der Waals surface area (Å²) in [4.78, 5) is 4.23. The first kappa shape index (κ1) is 13.5. The normalized spacial score (nSPS) is 11.8. The van der Waals surface area contributed by atoms with E-state index in [0.717, 1.165) is 22.0 Å². The molecule has 7 heteroatoms. The third-order valence-corrected chi connectivity index (χ3v) is 2.71. The molecule has 0 amide bonds. The van der Waals surface area contributed by atoms with Crippen LogP contribution in [0.3, 0.4) is 0 Å². The first-order valence-corrected chi connectivity index (χ1v) is 5.71. The van der Waals surface area contributed by atoms with Crippen LogP contribution in [0.1, 0.15) is 17.0 Å². The number of alkyl halides is 3. The lowest BCUT2D eigenvalue weighted by molar-refractivity contribution is -0.141. The van der Waals surface area contributed by atoms with E-state index in [9.17, 15) is 13.2 Å². The fourth-order valence-corrected chi connectivity index (χ4v) is 1.73. The second kappa shape index (κ2) is 5.00. The zero-order chi connectivity index (χ0) is 14.0. The van der Waals surface area contributed by atoms with E-state index in [-0.39, 0.29) is 0 Å². The van der Waals surface area contributed by atoms with Crippen molar-refractivity contribution < 1.29 is 13.2 Å². The summed E-state index contributed by atoms with van der Waals surface area (Å²) in [6.07, 6.45) is -2.51. The van der Waals surface area contributed by atoms with Crippen LogP contribution >= 0.6 is 0 Å². The van der Waals surface area contributed by atoms with Gasteiger partial charge in [0.25, 0.3) is 0 Å². The second-order valence-corrected chi connectivity index (χ2v) is 4.10. The van der Waals surface area contributed by atoms with Gasteiger partial charge < -0.3 is 5.73 Å². The Kier molecular flexibility index (Phi) is 3.57. The fraction of sp³-hybridized carbons (Fsp3) is 0.333. The Labute approximate surface area is 108 Å². The lowest BCUT2D eigenvalue weighted by Crippen LogP contribution is -2.09. The topological polar surface area (TPSA) is 56.7 Å². The summed E-state index contributed by atoms with van der Waals surface area (Å²) < 4.78 is 38.5. The number of hydrogen-bond acceptors (Lipinski definition) is 3. The number of aromatic nitrogens is 3. The molecule has 0 aliphatic rings. The number of pyridine rings is 1. The van der Waals surface area contributed by atoms with Gasteiger partial charge in [-0.1, -0.05) is 6.07 Å². The van der Waals surface area contributed by atoms with Gasteiger partial charge in [0, 0.05) is 11.9 Å². The minimum atomic E-state index is -4.44. The lowest BCUT2D eigenvalue weighted by Gasteiger charge is -2.07. The van der Waals surface area contributed by atoms with Crippen LogP contribution in [-0.4, -0.2) is 21.3 Å². The minimum Gasteiger partial charge on any atom is -0.330 e. The van der Waals surface area contributed by atoms with Gasteiger partial charge in [0.15, 0.2) is 11.5 Å². The fourth-order valence-electron chi connectivity index (χ4n) is 1.73. The molecule has 4 nitrogen and oxygen atoms in total. The molecule has 2 aromatic heterocycles. The van der Waals surface area contributed by atoms with Crippen LogP contribution in [0.5, 0.6) is 0 Å². The quantitative estimate of drug-likeness (QED) is 0.929. The molecule has 102 valence electrons. The lowest BCUT2D eigenvalue weighted by atomic mass is 10.1. The molecule has 2 N–H and O–H groups in total. The van der Waals surface area contributed by atoms with E-state index in [1.165, 1.54) is 6.20 Å². The average Bonchev–Trinajstić information content (AvgIpc) is 2.81. The number of hydrogen-bond donors (Lipinski definition) is 1. The number of nitrogens with two attached hydrogens (primary N) is 1. The molecular weight excluding hydrogens is 257 g/mol. The smallest absolute Gasteiger partial charge is 0.330 e. The Balaban J connectivity index is 2.32. The van der Waals surface area contributed by atoms with Crippen molar-refractivity contribution in [2.24, 2.45) is 5.73 Å². The number of rotatable bonds is 3. The van der Waals surface area contributed by atoms with E-state index < -0.39 is 11.9 Å². The molecule has 0 unspecified atom stereocenters. The van der Waals surface area contributed by atoms with Crippen LogP contribution in [0.2, 0.25) is 0 Å². The second-order valence-electron chi connectivity index (χ2n) is 4.10. The van der Waals surface area contributed by atoms with Crippen LogP contribution in [-0.2, 0) is 12.6 Å². The van der Waals surface area contributed by atoms with E-state index >= 15 is 0 Å². The first-order valence-electron chi connectivity index (χ1n) is 5.71. The van der Waals surface area contributed by atoms with Crippen molar-refractivity contribution >= 4 is 0 Å². The monoisotopic (exact) mass is 270 g/mol. The van der Waals surface area contributed by atoms with Crippen molar-refractivity contribution in [3.63, 3.8) is 0 Å². The highest BCUT2D eigenvalue weighted by Crippen LogP contribution is 2.27. The predicted molar refractivity (Wildman–Crippen MR) is 63.9 cm³/mol. The van der Waals surface area contributed by atoms with Gasteiger partial charge in [-0.05, 0) is 37.6 Å². The van der Waals surface area contributed by atoms with Crippen molar-refractivity contribution in [3.8, 4) is 5.82 Å². The summed E-state index contributed by atoms with van der Waals surface area (Å²) in [6.45, 7) is 2.30. The molecule has 0 aliphatic carbocycles. The largest absolute Gasteiger partial charge is 0.435 e. The molecule has 0 saturated carbocycles. The highest BCUT2D eigenvalue weighted by Gasteiger charge is 2.33. The van der Waals surface area contributed by atoms with Crippen molar-refractivity contribution in [2.75, 3.05) is 6.54 Å². The molecular formula is C12H13F3N4. The van der Waals surface area contributed by atoms with Gasteiger partial charge in [0.05, 0.1) is 0 Å². The van der Waals surface area contributed by atoms with Gasteiger partial charge in [-0.15, -0.1) is 0 Å². The van der Waals surface area contributed by atoms with Gasteiger partial charge in [0.1, 0.15) is 0 Å². The molecule has 0 aliphatic heterocycles. The molecule has 0 spiro atoms. The molecule has 0 bridgehead atoms. The Morgan fingerprint density at radius 2 is 2.00 bits per heavy atom. The van der Waals surface area contributed by atoms with E-state index in [1.807, 2.05) is 0 Å². The summed E-state index contributed by atoms with van der Waals surface area (Å²) in [5.74, 6) is 0.355. The third kappa shape index (κ3) is 2.93. The van der Waals surface area contributed by atoms with Crippen LogP contribution < -0.4 is 5.73 Å². The summed E-state index contributed by atoms with van der Waals surface area (Å²) in [5, 5.41) is 3.47. The molecule has 0 aromatic carbocycles. The van der Waals surface area contributed by atoms with Gasteiger partial charge >= 0.3 is 6.18 Å². The molecule has 0 radical (unpaired) electrons. The summed E-state index contributed by atoms with van der Waals surface area (Å²) in [5.41, 5.74) is 6.25. The van der Waals surface area contributed by atoms with Crippen LogP contribution in [0, 0.1) is 6.92 Å². The van der Waals surface area contributed by atoms with Gasteiger partial charge in [0.2, 0.25) is 0 Å². The summed E-state index contributed by atoms with van der Waals surface area (Å²) >= 11 is 0. The van der Waals surface area contributed by atoms with Gasteiger partial charge in [-0.2, -0.15) is 18.3 Å². The highest BCUT2D eigenvalue weighted by atomic mass is 19.4. The Hall–Kier alpha value is -1.89. The molecule has 2 heterocycles. The zero-order valence-electron chi connectivity index (χ0n) is 10.3. The number of nitrogens with zero attached hydrogens (tertiary/aromatic N) is 3. The Bertz CT molecular complexity index is 575. The predicted octanol–water partition coefficient (Wildman–Crippen LogP) is 2.10. The minimum absolute atomic E-state index is 0.355. The SMILES string of the molecule is Cc1nc(-n2ccc(C(F)(F)F)n2)ccc1CCN. The van der Waals surface area contributed by atoms with Crippen molar-refractivity contribution in [2.45, 2.75) is 19.5 Å². The molecule has 0 saturated heterocycles. The van der Waals surface area contributed by atoms with E-state index in [1.54, 1.807) is 19.1 Å². The molecule has 0 fully saturated rings. The zero-order valence-corrected chi connectivity index (χ0v) is 10.3. The average molecular weight is 270 g/mol. The van der Waals surface area contributed by atoms with Gasteiger partial charge in [-0.3, -0.25) is 0 Å². The van der Waals surface area contributed by atoms with E-state index in [4.69, 9.17) is 5.73 Å². The van der Waals surface area contributed by atoms with Crippen molar-refractivity contribution in [1.82, 2.24) is 14.8 Å². The van der Waals surface area contributed by atoms with Crippen LogP contribution in [0.4, 0.5) is 13.2 Å². The number of aryl methyl sites for hydroxylation is 1. The molecule has 2 rings (SSSR count). The Morgan fingerprint density at radius 1 is 1.26 bits per heavy atom. The van der Waals surface area contributed by atoms with Crippen molar-refractivity contribution in [1.29, 1.82) is 0 Å². The van der Waals surface area contributed by atoms with Gasteiger partial charge in [-0.25, -0.2) is 9.67 Å². The van der Waals surface area contributed by atoms with E-state index in [0.29, 0.717) is 18.8 Å². The maximum atomic E-state index is 12.5. The van der Waals surface area contributed by atoms with Crippen LogP contribution in [0.15, 0.2) is 24.4 Å². The third-order valence-electron chi connectivity index (χ3n) is 2.71. The standard InChI is InChI=1S/C12H13F3N4/c1-8-9(4-6-16)2-3-11(17-8)19-7-5-10(18-19)12(13,14)15/h2-3,5,7H,4,6,16H2,1H3. The molecule has 0 atom stereocenters. The number of halogens is 3. The Morgan fingerprint density at radius 3 is 2.53 bits per heavy atom. The summed E-state index contributed by atoms with van der Waals surface area (Å²) in [6, 6.07) is 4.36. The first-order chi connectivity index (χ1) is 8.91. The molecule has 19 heavy (non-hydrogen) atoms. The van der Waals surface area contributed by atoms with Crippen LogP contribution in [0.25, 0.3) is 5.82 Å².